The number of benzene rings is 2. The van der Waals surface area contributed by atoms with Crippen molar-refractivity contribution in [2.75, 3.05) is 18.5 Å². The lowest BCUT2D eigenvalue weighted by molar-refractivity contribution is 0.0698. The first-order valence-electron chi connectivity index (χ1n) is 7.03. The Labute approximate surface area is 138 Å². The third-order valence-electron chi connectivity index (χ3n) is 3.20. The molecule has 0 aromatic heterocycles. The van der Waals surface area contributed by atoms with Gasteiger partial charge in [-0.25, -0.2) is 4.79 Å². The molecule has 116 valence electrons. The normalized spacial score (nSPS) is 10.3. The number of hydrogen-bond acceptors (Lipinski definition) is 3. The first-order chi connectivity index (χ1) is 10.6. The van der Waals surface area contributed by atoms with Gasteiger partial charge in [0.2, 0.25) is 0 Å². The second-order valence-corrected chi connectivity index (χ2v) is 5.81. The molecule has 0 heterocycles. The van der Waals surface area contributed by atoms with Crippen LogP contribution in [0.15, 0.2) is 46.9 Å². The fourth-order valence-corrected chi connectivity index (χ4v) is 2.40. The topological polar surface area (TPSA) is 58.6 Å². The van der Waals surface area contributed by atoms with E-state index in [1.54, 1.807) is 12.1 Å². The van der Waals surface area contributed by atoms with Crippen LogP contribution in [-0.2, 0) is 0 Å². The molecular formula is C17H18BrNO3. The second-order valence-electron chi connectivity index (χ2n) is 4.89. The smallest absolute Gasteiger partial charge is 0.337 e. The van der Waals surface area contributed by atoms with Crippen LogP contribution in [0, 0.1) is 6.92 Å². The number of anilines is 1. The lowest BCUT2D eigenvalue weighted by atomic mass is 10.2. The zero-order chi connectivity index (χ0) is 15.9. The molecule has 2 aromatic rings. The van der Waals surface area contributed by atoms with Gasteiger partial charge in [0.25, 0.3) is 0 Å². The lowest BCUT2D eigenvalue weighted by Gasteiger charge is -2.11. The van der Waals surface area contributed by atoms with Crippen LogP contribution >= 0.6 is 15.9 Å². The molecule has 22 heavy (non-hydrogen) atoms. The maximum absolute atomic E-state index is 11.2. The Morgan fingerprint density at radius 3 is 2.77 bits per heavy atom. The van der Waals surface area contributed by atoms with Gasteiger partial charge in [-0.3, -0.25) is 0 Å². The molecular weight excluding hydrogens is 346 g/mol. The maximum atomic E-state index is 11.2. The summed E-state index contributed by atoms with van der Waals surface area (Å²) in [5.74, 6) is -0.0580. The van der Waals surface area contributed by atoms with Crippen molar-refractivity contribution in [1.82, 2.24) is 0 Å². The van der Waals surface area contributed by atoms with E-state index in [4.69, 9.17) is 4.74 Å². The Balaban J connectivity index is 1.82. The summed E-state index contributed by atoms with van der Waals surface area (Å²) < 4.78 is 6.46. The fourth-order valence-electron chi connectivity index (χ4n) is 2.04. The molecule has 0 amide bonds. The van der Waals surface area contributed by atoms with Crippen LogP contribution in [0.5, 0.6) is 5.75 Å². The van der Waals surface area contributed by atoms with Gasteiger partial charge in [0.1, 0.15) is 5.75 Å². The summed E-state index contributed by atoms with van der Waals surface area (Å²) in [6.45, 7) is 3.24. The second kappa shape index (κ2) is 7.84. The molecule has 0 saturated heterocycles. The number of rotatable bonds is 7. The van der Waals surface area contributed by atoms with Crippen molar-refractivity contribution in [2.24, 2.45) is 0 Å². The van der Waals surface area contributed by atoms with Gasteiger partial charge >= 0.3 is 5.97 Å². The van der Waals surface area contributed by atoms with Gasteiger partial charge in [-0.05, 0) is 43.2 Å². The highest BCUT2D eigenvalue weighted by atomic mass is 79.9. The molecule has 2 rings (SSSR count). The third-order valence-corrected chi connectivity index (χ3v) is 3.69. The van der Waals surface area contributed by atoms with Gasteiger partial charge in [-0.2, -0.15) is 0 Å². The number of ether oxygens (including phenoxy) is 1. The monoisotopic (exact) mass is 363 g/mol. The van der Waals surface area contributed by atoms with E-state index in [1.807, 2.05) is 37.3 Å². The zero-order valence-corrected chi connectivity index (χ0v) is 13.9. The fraction of sp³-hybridized carbons (Fsp3) is 0.235. The van der Waals surface area contributed by atoms with E-state index in [9.17, 15) is 9.90 Å². The van der Waals surface area contributed by atoms with Gasteiger partial charge in [0, 0.05) is 16.7 Å². The predicted octanol–water partition coefficient (Wildman–Crippen LogP) is 4.34. The number of nitrogens with one attached hydrogen (secondary N) is 1. The first kappa shape index (κ1) is 16.4. The van der Waals surface area contributed by atoms with Gasteiger partial charge < -0.3 is 15.2 Å². The van der Waals surface area contributed by atoms with Crippen molar-refractivity contribution in [2.45, 2.75) is 13.3 Å². The lowest BCUT2D eigenvalue weighted by Crippen LogP contribution is -2.10. The molecule has 0 atom stereocenters. The van der Waals surface area contributed by atoms with Crippen molar-refractivity contribution < 1.29 is 14.6 Å². The number of aryl methyl sites for hydroxylation is 1. The molecule has 2 aromatic carbocycles. The molecule has 0 aliphatic rings. The molecule has 0 aliphatic carbocycles. The van der Waals surface area contributed by atoms with Crippen LogP contribution in [0.25, 0.3) is 0 Å². The average Bonchev–Trinajstić information content (AvgIpc) is 2.49. The molecule has 0 aliphatic heterocycles. The SMILES string of the molecule is Cc1ccccc1OCCCNc1ccc(Br)cc1C(=O)O. The van der Waals surface area contributed by atoms with E-state index in [0.29, 0.717) is 18.8 Å². The Bertz CT molecular complexity index is 658. The maximum Gasteiger partial charge on any atom is 0.337 e. The van der Waals surface area contributed by atoms with Crippen molar-refractivity contribution in [1.29, 1.82) is 0 Å². The van der Waals surface area contributed by atoms with Crippen molar-refractivity contribution in [3.05, 3.63) is 58.1 Å². The van der Waals surface area contributed by atoms with Crippen LogP contribution in [0.3, 0.4) is 0 Å². The Morgan fingerprint density at radius 2 is 2.05 bits per heavy atom. The number of carbonyl (C=O) groups is 1. The Hall–Kier alpha value is -2.01. The highest BCUT2D eigenvalue weighted by Crippen LogP contribution is 2.21. The third kappa shape index (κ3) is 4.49. The minimum atomic E-state index is -0.944. The number of carboxylic acid groups (broad SMARTS) is 1. The minimum absolute atomic E-state index is 0.259. The van der Waals surface area contributed by atoms with E-state index < -0.39 is 5.97 Å². The summed E-state index contributed by atoms with van der Waals surface area (Å²) >= 11 is 3.28. The van der Waals surface area contributed by atoms with Crippen molar-refractivity contribution in [3.63, 3.8) is 0 Å². The van der Waals surface area contributed by atoms with Crippen LogP contribution in [0.2, 0.25) is 0 Å². The van der Waals surface area contributed by atoms with E-state index in [1.165, 1.54) is 0 Å². The molecule has 0 saturated carbocycles. The van der Waals surface area contributed by atoms with Crippen LogP contribution in [-0.4, -0.2) is 24.2 Å². The minimum Gasteiger partial charge on any atom is -0.493 e. The van der Waals surface area contributed by atoms with Gasteiger partial charge in [-0.1, -0.05) is 34.1 Å². The molecule has 0 unspecified atom stereocenters. The number of carboxylic acids is 1. The van der Waals surface area contributed by atoms with Crippen molar-refractivity contribution >= 4 is 27.6 Å². The van der Waals surface area contributed by atoms with Gasteiger partial charge in [0.05, 0.1) is 12.2 Å². The van der Waals surface area contributed by atoms with Gasteiger partial charge in [0.15, 0.2) is 0 Å². The molecule has 0 fully saturated rings. The number of halogens is 1. The summed E-state index contributed by atoms with van der Waals surface area (Å²) in [6.07, 6.45) is 0.781. The van der Waals surface area contributed by atoms with Crippen LogP contribution in [0.1, 0.15) is 22.3 Å². The zero-order valence-electron chi connectivity index (χ0n) is 12.3. The highest BCUT2D eigenvalue weighted by molar-refractivity contribution is 9.10. The molecule has 0 bridgehead atoms. The standard InChI is InChI=1S/C17H18BrNO3/c1-12-5-2-3-6-16(12)22-10-4-9-19-15-8-7-13(18)11-14(15)17(20)21/h2-3,5-8,11,19H,4,9-10H2,1H3,(H,20,21). The van der Waals surface area contributed by atoms with Crippen molar-refractivity contribution in [3.8, 4) is 5.75 Å². The molecule has 5 heteroatoms. The number of aromatic carboxylic acids is 1. The number of para-hydroxylation sites is 1. The summed E-state index contributed by atoms with van der Waals surface area (Å²) in [7, 11) is 0. The summed E-state index contributed by atoms with van der Waals surface area (Å²) in [4.78, 5) is 11.2. The molecule has 2 N–H and O–H groups in total. The van der Waals surface area contributed by atoms with E-state index >= 15 is 0 Å². The largest absolute Gasteiger partial charge is 0.493 e. The van der Waals surface area contributed by atoms with E-state index in [0.717, 1.165) is 22.2 Å². The quantitative estimate of drug-likeness (QED) is 0.718. The molecule has 4 nitrogen and oxygen atoms in total. The summed E-state index contributed by atoms with van der Waals surface area (Å²) in [5, 5.41) is 12.3. The first-order valence-corrected chi connectivity index (χ1v) is 7.82. The summed E-state index contributed by atoms with van der Waals surface area (Å²) in [6, 6.07) is 13.0. The van der Waals surface area contributed by atoms with E-state index in [2.05, 4.69) is 21.2 Å². The van der Waals surface area contributed by atoms with Gasteiger partial charge in [-0.15, -0.1) is 0 Å². The molecule has 0 radical (unpaired) electrons. The Kier molecular flexibility index (Phi) is 5.83. The van der Waals surface area contributed by atoms with Crippen LogP contribution < -0.4 is 10.1 Å². The molecule has 0 spiro atoms. The number of hydrogen-bond donors (Lipinski definition) is 2. The van der Waals surface area contributed by atoms with Crippen LogP contribution in [0.4, 0.5) is 5.69 Å². The summed E-state index contributed by atoms with van der Waals surface area (Å²) in [5.41, 5.74) is 1.98. The Morgan fingerprint density at radius 1 is 1.27 bits per heavy atom. The van der Waals surface area contributed by atoms with E-state index in [-0.39, 0.29) is 5.56 Å². The predicted molar refractivity (Wildman–Crippen MR) is 90.9 cm³/mol. The highest BCUT2D eigenvalue weighted by Gasteiger charge is 2.10. The average molecular weight is 364 g/mol.